The first kappa shape index (κ1) is 31.9. The number of likely N-dealkylation sites (tertiary alicyclic amines) is 1. The van der Waals surface area contributed by atoms with Crippen LogP contribution in [0.2, 0.25) is 0 Å². The maximum atomic E-state index is 11.1. The van der Waals surface area contributed by atoms with Crippen molar-refractivity contribution in [3.63, 3.8) is 0 Å². The van der Waals surface area contributed by atoms with Gasteiger partial charge in [-0.05, 0) is 97.6 Å². The number of nitrogens with zero attached hydrogens (tertiary/aromatic N) is 4. The van der Waals surface area contributed by atoms with E-state index >= 15 is 0 Å². The summed E-state index contributed by atoms with van der Waals surface area (Å²) in [4.78, 5) is 13.5. The van der Waals surface area contributed by atoms with Crippen LogP contribution in [0.25, 0.3) is 5.65 Å². The van der Waals surface area contributed by atoms with Crippen molar-refractivity contribution in [1.29, 1.82) is 0 Å². The van der Waals surface area contributed by atoms with Crippen LogP contribution in [0.4, 0.5) is 11.4 Å². The molecule has 2 aromatic heterocycles. The number of carbonyl (C=O) groups excluding carboxylic acids is 1. The molecular weight excluding hydrogens is 568 g/mol. The van der Waals surface area contributed by atoms with Crippen LogP contribution in [0, 0.1) is 0 Å². The fraction of sp³-hybridized carbons (Fsp3) is 0.457. The Bertz CT molecular complexity index is 1600. The molecular formula is C35H46N6O2S. The number of pyridine rings is 1. The molecule has 44 heavy (non-hydrogen) atoms. The van der Waals surface area contributed by atoms with E-state index < -0.39 is 0 Å². The van der Waals surface area contributed by atoms with Crippen LogP contribution in [0.1, 0.15) is 101 Å². The second-order valence-corrected chi connectivity index (χ2v) is 13.7. The zero-order valence-corrected chi connectivity index (χ0v) is 27.9. The Labute approximate surface area is 266 Å². The van der Waals surface area contributed by atoms with Gasteiger partial charge in [0.2, 0.25) is 5.91 Å². The van der Waals surface area contributed by atoms with Gasteiger partial charge in [0, 0.05) is 24.6 Å². The molecule has 6 rings (SSSR count). The van der Waals surface area contributed by atoms with Crippen molar-refractivity contribution in [2.45, 2.75) is 83.8 Å². The van der Waals surface area contributed by atoms with E-state index in [4.69, 9.17) is 4.74 Å². The van der Waals surface area contributed by atoms with Gasteiger partial charge in [0.05, 0.1) is 12.2 Å². The number of amides is 1. The van der Waals surface area contributed by atoms with Crippen LogP contribution < -0.4 is 14.8 Å². The SMILES string of the molecule is CC1CCC(Oc2ccc3nnc([C@@H]4CCCN4C)n3c2)c2ccccc21.CSNc1cc(NC(C)=O)cc(C(C)(C)C)c1. The predicted molar refractivity (Wildman–Crippen MR) is 182 cm³/mol. The van der Waals surface area contributed by atoms with Crippen molar-refractivity contribution in [1.82, 2.24) is 19.5 Å². The molecule has 1 amide bonds. The van der Waals surface area contributed by atoms with Gasteiger partial charge in [0.25, 0.3) is 0 Å². The Balaban J connectivity index is 0.000000196. The van der Waals surface area contributed by atoms with Gasteiger partial charge >= 0.3 is 0 Å². The predicted octanol–water partition coefficient (Wildman–Crippen LogP) is 8.15. The first-order valence-corrected chi connectivity index (χ1v) is 16.8. The number of hydrogen-bond donors (Lipinski definition) is 2. The molecule has 2 aliphatic rings. The van der Waals surface area contributed by atoms with E-state index in [-0.39, 0.29) is 17.4 Å². The minimum Gasteiger partial charge on any atom is -0.484 e. The van der Waals surface area contributed by atoms with Crippen molar-refractivity contribution < 1.29 is 9.53 Å². The van der Waals surface area contributed by atoms with Gasteiger partial charge in [-0.3, -0.25) is 14.1 Å². The summed E-state index contributed by atoms with van der Waals surface area (Å²) in [6.07, 6.45) is 8.72. The van der Waals surface area contributed by atoms with Crippen LogP contribution in [0.5, 0.6) is 5.75 Å². The van der Waals surface area contributed by atoms with E-state index in [1.54, 1.807) is 0 Å². The van der Waals surface area contributed by atoms with Gasteiger partial charge in [-0.2, -0.15) is 0 Å². The van der Waals surface area contributed by atoms with Gasteiger partial charge in [-0.15, -0.1) is 10.2 Å². The molecule has 0 spiro atoms. The van der Waals surface area contributed by atoms with Crippen LogP contribution in [0.15, 0.2) is 60.8 Å². The fourth-order valence-electron chi connectivity index (χ4n) is 6.19. The van der Waals surface area contributed by atoms with E-state index in [1.165, 1.54) is 42.0 Å². The van der Waals surface area contributed by atoms with Crippen LogP contribution in [-0.4, -0.2) is 45.3 Å². The second kappa shape index (κ2) is 13.6. The van der Waals surface area contributed by atoms with Gasteiger partial charge in [-0.25, -0.2) is 0 Å². The average molecular weight is 615 g/mol. The highest BCUT2D eigenvalue weighted by atomic mass is 32.2. The maximum absolute atomic E-state index is 11.1. The number of aromatic nitrogens is 3. The van der Waals surface area contributed by atoms with E-state index in [2.05, 4.69) is 101 Å². The number of anilines is 2. The lowest BCUT2D eigenvalue weighted by Crippen LogP contribution is -2.20. The second-order valence-electron chi connectivity index (χ2n) is 13.0. The third kappa shape index (κ3) is 7.38. The zero-order valence-electron chi connectivity index (χ0n) is 27.1. The zero-order chi connectivity index (χ0) is 31.4. The molecule has 1 fully saturated rings. The molecule has 3 heterocycles. The molecule has 0 bridgehead atoms. The monoisotopic (exact) mass is 614 g/mol. The van der Waals surface area contributed by atoms with E-state index in [9.17, 15) is 4.79 Å². The number of ether oxygens (including phenoxy) is 1. The first-order chi connectivity index (χ1) is 21.0. The topological polar surface area (TPSA) is 83.8 Å². The summed E-state index contributed by atoms with van der Waals surface area (Å²) in [5.41, 5.74) is 6.73. The Morgan fingerprint density at radius 1 is 1.00 bits per heavy atom. The summed E-state index contributed by atoms with van der Waals surface area (Å²) < 4.78 is 11.8. The number of nitrogens with one attached hydrogen (secondary N) is 2. The van der Waals surface area contributed by atoms with E-state index in [0.717, 1.165) is 54.4 Å². The molecule has 1 aliphatic carbocycles. The molecule has 8 nitrogen and oxygen atoms in total. The highest BCUT2D eigenvalue weighted by Crippen LogP contribution is 2.40. The summed E-state index contributed by atoms with van der Waals surface area (Å²) in [5.74, 6) is 2.46. The van der Waals surface area contributed by atoms with E-state index in [1.807, 2.05) is 30.5 Å². The maximum Gasteiger partial charge on any atom is 0.221 e. The standard InChI is InChI=1S/C22H26N4O.C13H20N2OS/c1-15-9-11-20(18-7-4-3-6-17(15)18)27-16-10-12-21-23-24-22(26(21)14-16)19-8-5-13-25(19)2;1-9(16)14-11-6-10(13(2,3)4)7-12(8-11)15-17-5/h3-4,6-7,10,12,14-15,19-20H,5,8-9,11,13H2,1-2H3;6-8,15H,1-5H3,(H,14,16)/t15?,19-,20?;/m0./s1. The highest BCUT2D eigenvalue weighted by Gasteiger charge is 2.28. The number of hydrogen-bond acceptors (Lipinski definition) is 7. The Hall–Kier alpha value is -3.56. The quantitative estimate of drug-likeness (QED) is 0.212. The van der Waals surface area contributed by atoms with Gasteiger partial charge < -0.3 is 14.8 Å². The lowest BCUT2D eigenvalue weighted by molar-refractivity contribution is -0.114. The molecule has 234 valence electrons. The molecule has 9 heteroatoms. The van der Waals surface area contributed by atoms with Crippen molar-refractivity contribution in [2.75, 3.05) is 29.9 Å². The summed E-state index contributed by atoms with van der Waals surface area (Å²) >= 11 is 1.54. The Kier molecular flexibility index (Phi) is 9.85. The van der Waals surface area contributed by atoms with Crippen molar-refractivity contribution in [3.8, 4) is 5.75 Å². The smallest absolute Gasteiger partial charge is 0.221 e. The molecule has 3 atom stereocenters. The summed E-state index contributed by atoms with van der Waals surface area (Å²) in [6, 6.07) is 19.1. The van der Waals surface area contributed by atoms with Crippen LogP contribution >= 0.6 is 11.9 Å². The van der Waals surface area contributed by atoms with Gasteiger partial charge in [-0.1, -0.05) is 63.9 Å². The Morgan fingerprint density at radius 2 is 1.75 bits per heavy atom. The molecule has 4 aromatic rings. The normalized spacial score (nSPS) is 20.0. The third-order valence-corrected chi connectivity index (χ3v) is 9.01. The highest BCUT2D eigenvalue weighted by molar-refractivity contribution is 7.99. The molecule has 2 N–H and O–H groups in total. The van der Waals surface area contributed by atoms with E-state index in [0.29, 0.717) is 12.0 Å². The molecule has 0 saturated carbocycles. The van der Waals surface area contributed by atoms with Crippen molar-refractivity contribution >= 4 is 34.9 Å². The molecule has 0 radical (unpaired) electrons. The fourth-order valence-corrected chi connectivity index (χ4v) is 6.54. The minimum atomic E-state index is -0.0499. The van der Waals surface area contributed by atoms with Crippen LogP contribution in [-0.2, 0) is 10.2 Å². The average Bonchev–Trinajstić information content (AvgIpc) is 3.59. The third-order valence-electron chi connectivity index (χ3n) is 8.57. The first-order valence-electron chi connectivity index (χ1n) is 15.6. The summed E-state index contributed by atoms with van der Waals surface area (Å²) in [7, 11) is 2.17. The van der Waals surface area contributed by atoms with Crippen molar-refractivity contribution in [3.05, 3.63) is 83.3 Å². The molecule has 1 saturated heterocycles. The minimum absolute atomic E-state index is 0.0499. The molecule has 1 aliphatic heterocycles. The molecule has 2 unspecified atom stereocenters. The lowest BCUT2D eigenvalue weighted by atomic mass is 9.82. The van der Waals surface area contributed by atoms with Gasteiger partial charge in [0.15, 0.2) is 11.5 Å². The molecule has 2 aromatic carbocycles. The Morgan fingerprint density at radius 3 is 2.43 bits per heavy atom. The largest absolute Gasteiger partial charge is 0.484 e. The van der Waals surface area contributed by atoms with Crippen LogP contribution in [0.3, 0.4) is 0 Å². The summed E-state index contributed by atoms with van der Waals surface area (Å²) in [6.45, 7) is 11.4. The summed E-state index contributed by atoms with van der Waals surface area (Å²) in [5, 5.41) is 11.7. The number of rotatable bonds is 6. The number of carbonyl (C=O) groups is 1. The number of benzene rings is 2. The lowest BCUT2D eigenvalue weighted by Gasteiger charge is -2.30. The number of fused-ring (bicyclic) bond motifs is 2. The van der Waals surface area contributed by atoms with Crippen molar-refractivity contribution in [2.24, 2.45) is 0 Å². The van der Waals surface area contributed by atoms with Gasteiger partial charge in [0.1, 0.15) is 11.9 Å².